The van der Waals surface area contributed by atoms with E-state index >= 15 is 0 Å². The van der Waals surface area contributed by atoms with Gasteiger partial charge in [0, 0.05) is 17.7 Å². The standard InChI is InChI=1S/C17H24N2O/c1-5-8-15-16(14-10-7-6-9-13(14)4)18-19(17(15)20)11-12(2)3/h6-7,9-10,12,20H,5,8,11H2,1-4H3. The highest BCUT2D eigenvalue weighted by atomic mass is 16.3. The normalized spacial score (nSPS) is 11.2. The molecule has 0 amide bonds. The van der Waals surface area contributed by atoms with Gasteiger partial charge in [0.2, 0.25) is 5.88 Å². The summed E-state index contributed by atoms with van der Waals surface area (Å²) in [6.45, 7) is 9.22. The van der Waals surface area contributed by atoms with Gasteiger partial charge in [-0.15, -0.1) is 0 Å². The van der Waals surface area contributed by atoms with Crippen LogP contribution < -0.4 is 0 Å². The van der Waals surface area contributed by atoms with Crippen LogP contribution in [0.5, 0.6) is 5.88 Å². The Morgan fingerprint density at radius 1 is 1.25 bits per heavy atom. The molecule has 0 spiro atoms. The van der Waals surface area contributed by atoms with Crippen LogP contribution in [-0.2, 0) is 13.0 Å². The van der Waals surface area contributed by atoms with Crippen LogP contribution in [0.1, 0.15) is 38.3 Å². The van der Waals surface area contributed by atoms with E-state index in [1.165, 1.54) is 5.56 Å². The number of benzene rings is 1. The minimum atomic E-state index is 0.332. The summed E-state index contributed by atoms with van der Waals surface area (Å²) < 4.78 is 1.75. The molecule has 0 aliphatic rings. The molecular weight excluding hydrogens is 248 g/mol. The van der Waals surface area contributed by atoms with Crippen molar-refractivity contribution in [1.29, 1.82) is 0 Å². The Morgan fingerprint density at radius 3 is 2.55 bits per heavy atom. The van der Waals surface area contributed by atoms with Gasteiger partial charge in [0.15, 0.2) is 0 Å². The number of aromatic hydroxyl groups is 1. The monoisotopic (exact) mass is 272 g/mol. The summed E-state index contributed by atoms with van der Waals surface area (Å²) in [5, 5.41) is 15.1. The van der Waals surface area contributed by atoms with Gasteiger partial charge >= 0.3 is 0 Å². The molecular formula is C17H24N2O. The summed E-state index contributed by atoms with van der Waals surface area (Å²) in [6.07, 6.45) is 1.85. The average molecular weight is 272 g/mol. The third-order valence-electron chi connectivity index (χ3n) is 3.46. The number of aromatic nitrogens is 2. The second kappa shape index (κ2) is 6.12. The van der Waals surface area contributed by atoms with E-state index in [4.69, 9.17) is 0 Å². The van der Waals surface area contributed by atoms with Crippen LogP contribution in [0, 0.1) is 12.8 Å². The van der Waals surface area contributed by atoms with Gasteiger partial charge in [0.25, 0.3) is 0 Å². The molecule has 0 bridgehead atoms. The highest BCUT2D eigenvalue weighted by Gasteiger charge is 2.19. The molecule has 20 heavy (non-hydrogen) atoms. The first-order valence-electron chi connectivity index (χ1n) is 7.39. The van der Waals surface area contributed by atoms with Gasteiger partial charge in [0.05, 0.1) is 5.69 Å². The van der Waals surface area contributed by atoms with Crippen LogP contribution in [0.3, 0.4) is 0 Å². The van der Waals surface area contributed by atoms with Crippen molar-refractivity contribution in [1.82, 2.24) is 9.78 Å². The van der Waals surface area contributed by atoms with Gasteiger partial charge < -0.3 is 5.11 Å². The molecule has 0 aliphatic carbocycles. The van der Waals surface area contributed by atoms with Crippen molar-refractivity contribution in [2.24, 2.45) is 5.92 Å². The first kappa shape index (κ1) is 14.6. The van der Waals surface area contributed by atoms with Crippen LogP contribution in [0.25, 0.3) is 11.3 Å². The molecule has 1 aromatic heterocycles. The molecule has 2 aromatic rings. The molecule has 0 fully saturated rings. The fourth-order valence-electron chi connectivity index (χ4n) is 2.50. The lowest BCUT2D eigenvalue weighted by Gasteiger charge is -2.06. The van der Waals surface area contributed by atoms with Crippen LogP contribution in [-0.4, -0.2) is 14.9 Å². The predicted octanol–water partition coefficient (Wildman–Crippen LogP) is 4.17. The topological polar surface area (TPSA) is 38.0 Å². The van der Waals surface area contributed by atoms with Crippen molar-refractivity contribution in [3.8, 4) is 17.1 Å². The molecule has 108 valence electrons. The zero-order chi connectivity index (χ0) is 14.7. The van der Waals surface area contributed by atoms with Gasteiger partial charge in [0.1, 0.15) is 0 Å². The zero-order valence-corrected chi connectivity index (χ0v) is 12.8. The van der Waals surface area contributed by atoms with Crippen LogP contribution in [0.15, 0.2) is 24.3 Å². The fraction of sp³-hybridized carbons (Fsp3) is 0.471. The third kappa shape index (κ3) is 2.87. The van der Waals surface area contributed by atoms with E-state index in [0.29, 0.717) is 11.8 Å². The highest BCUT2D eigenvalue weighted by Crippen LogP contribution is 2.32. The molecule has 3 nitrogen and oxygen atoms in total. The Balaban J connectivity index is 2.54. The molecule has 1 N–H and O–H groups in total. The van der Waals surface area contributed by atoms with Crippen molar-refractivity contribution >= 4 is 0 Å². The highest BCUT2D eigenvalue weighted by molar-refractivity contribution is 5.68. The van der Waals surface area contributed by atoms with Gasteiger partial charge in [-0.2, -0.15) is 5.10 Å². The Morgan fingerprint density at radius 2 is 1.95 bits per heavy atom. The summed E-state index contributed by atoms with van der Waals surface area (Å²) in [5.41, 5.74) is 4.22. The van der Waals surface area contributed by atoms with Crippen molar-refractivity contribution in [3.05, 3.63) is 35.4 Å². The van der Waals surface area contributed by atoms with Gasteiger partial charge in [-0.3, -0.25) is 0 Å². The average Bonchev–Trinajstić information content (AvgIpc) is 2.68. The quantitative estimate of drug-likeness (QED) is 0.887. The van der Waals surface area contributed by atoms with E-state index in [9.17, 15) is 5.11 Å². The predicted molar refractivity (Wildman–Crippen MR) is 82.9 cm³/mol. The Labute approximate surface area is 121 Å². The van der Waals surface area contributed by atoms with Crippen LogP contribution in [0.2, 0.25) is 0 Å². The minimum absolute atomic E-state index is 0.332. The van der Waals surface area contributed by atoms with E-state index in [1.807, 2.05) is 12.1 Å². The van der Waals surface area contributed by atoms with Crippen molar-refractivity contribution < 1.29 is 5.11 Å². The molecule has 1 heterocycles. The summed E-state index contributed by atoms with van der Waals surface area (Å²) in [7, 11) is 0. The molecule has 3 heteroatoms. The zero-order valence-electron chi connectivity index (χ0n) is 12.8. The lowest BCUT2D eigenvalue weighted by atomic mass is 10.0. The van der Waals surface area contributed by atoms with Gasteiger partial charge in [-0.1, -0.05) is 51.5 Å². The van der Waals surface area contributed by atoms with E-state index in [0.717, 1.165) is 36.2 Å². The molecule has 0 radical (unpaired) electrons. The fourth-order valence-corrected chi connectivity index (χ4v) is 2.50. The summed E-state index contributed by atoms with van der Waals surface area (Å²) in [6, 6.07) is 8.22. The lowest BCUT2D eigenvalue weighted by molar-refractivity contribution is 0.368. The van der Waals surface area contributed by atoms with Crippen molar-refractivity contribution in [2.75, 3.05) is 0 Å². The van der Waals surface area contributed by atoms with Crippen LogP contribution >= 0.6 is 0 Å². The number of hydrogen-bond donors (Lipinski definition) is 1. The van der Waals surface area contributed by atoms with Gasteiger partial charge in [-0.25, -0.2) is 4.68 Å². The molecule has 0 saturated heterocycles. The third-order valence-corrected chi connectivity index (χ3v) is 3.46. The SMILES string of the molecule is CCCc1c(-c2ccccc2C)nn(CC(C)C)c1O. The van der Waals surface area contributed by atoms with Gasteiger partial charge in [-0.05, 0) is 24.8 Å². The van der Waals surface area contributed by atoms with Crippen LogP contribution in [0.4, 0.5) is 0 Å². The van der Waals surface area contributed by atoms with Crippen molar-refractivity contribution in [3.63, 3.8) is 0 Å². The number of nitrogens with zero attached hydrogens (tertiary/aromatic N) is 2. The maximum Gasteiger partial charge on any atom is 0.213 e. The van der Waals surface area contributed by atoms with E-state index in [1.54, 1.807) is 4.68 Å². The lowest BCUT2D eigenvalue weighted by Crippen LogP contribution is -2.05. The summed E-state index contributed by atoms with van der Waals surface area (Å²) >= 11 is 0. The molecule has 1 aromatic carbocycles. The minimum Gasteiger partial charge on any atom is -0.493 e. The first-order chi connectivity index (χ1) is 9.54. The Bertz CT molecular complexity index is 585. The van der Waals surface area contributed by atoms with E-state index in [-0.39, 0.29) is 0 Å². The van der Waals surface area contributed by atoms with E-state index < -0.39 is 0 Å². The molecule has 0 aliphatic heterocycles. The second-order valence-corrected chi connectivity index (χ2v) is 5.79. The Kier molecular flexibility index (Phi) is 4.48. The Hall–Kier alpha value is -1.77. The smallest absolute Gasteiger partial charge is 0.213 e. The van der Waals surface area contributed by atoms with E-state index in [2.05, 4.69) is 44.9 Å². The number of rotatable bonds is 5. The maximum absolute atomic E-state index is 10.4. The first-order valence-corrected chi connectivity index (χ1v) is 7.39. The molecule has 2 rings (SSSR count). The summed E-state index contributed by atoms with van der Waals surface area (Å²) in [5.74, 6) is 0.791. The summed E-state index contributed by atoms with van der Waals surface area (Å²) in [4.78, 5) is 0. The molecule has 0 unspecified atom stereocenters. The number of aryl methyl sites for hydroxylation is 1. The van der Waals surface area contributed by atoms with Crippen molar-refractivity contribution in [2.45, 2.75) is 47.1 Å². The second-order valence-electron chi connectivity index (χ2n) is 5.79. The molecule has 0 atom stereocenters. The molecule has 0 saturated carbocycles. The largest absolute Gasteiger partial charge is 0.493 e. The maximum atomic E-state index is 10.4. The number of hydrogen-bond acceptors (Lipinski definition) is 2.